The molecule has 0 aromatic heterocycles. The van der Waals surface area contributed by atoms with Gasteiger partial charge in [0, 0.05) is 6.54 Å². The number of nitrogens with one attached hydrogen (secondary N) is 1. The first-order valence-electron chi connectivity index (χ1n) is 10.5. The molecule has 8 heteroatoms. The fraction of sp³-hybridized carbons (Fsp3) is 0.231. The van der Waals surface area contributed by atoms with Crippen molar-refractivity contribution in [3.63, 3.8) is 0 Å². The Labute approximate surface area is 198 Å². The molecular formula is C26H25N3O5. The van der Waals surface area contributed by atoms with Crippen LogP contribution in [0.25, 0.3) is 12.2 Å². The van der Waals surface area contributed by atoms with E-state index in [4.69, 9.17) is 14.2 Å². The van der Waals surface area contributed by atoms with E-state index in [0.717, 1.165) is 12.8 Å². The monoisotopic (exact) mass is 459 g/mol. The lowest BCUT2D eigenvalue weighted by Gasteiger charge is -2.10. The number of nitrogens with zero attached hydrogens (tertiary/aromatic N) is 2. The molecule has 0 aliphatic rings. The van der Waals surface area contributed by atoms with E-state index in [1.54, 1.807) is 37.4 Å². The van der Waals surface area contributed by atoms with E-state index in [-0.39, 0.29) is 22.6 Å². The van der Waals surface area contributed by atoms with Gasteiger partial charge >= 0.3 is 5.97 Å². The molecule has 34 heavy (non-hydrogen) atoms. The Kier molecular flexibility index (Phi) is 9.90. The smallest absolute Gasteiger partial charge is 0.354 e. The second-order valence-electron chi connectivity index (χ2n) is 7.02. The second-order valence-corrected chi connectivity index (χ2v) is 7.02. The van der Waals surface area contributed by atoms with Gasteiger partial charge in [-0.1, -0.05) is 31.5 Å². The van der Waals surface area contributed by atoms with Crippen LogP contribution in [0.4, 0.5) is 0 Å². The molecule has 0 unspecified atom stereocenters. The third kappa shape index (κ3) is 7.25. The van der Waals surface area contributed by atoms with Gasteiger partial charge in [0.15, 0.2) is 11.5 Å². The molecule has 2 aromatic carbocycles. The fourth-order valence-electron chi connectivity index (χ4n) is 2.81. The predicted molar refractivity (Wildman–Crippen MR) is 127 cm³/mol. The lowest BCUT2D eigenvalue weighted by molar-refractivity contribution is -0.129. The van der Waals surface area contributed by atoms with Crippen LogP contribution in [-0.2, 0) is 9.59 Å². The number of nitriles is 2. The topological polar surface area (TPSA) is 121 Å². The molecule has 0 fully saturated rings. The van der Waals surface area contributed by atoms with Crippen molar-refractivity contribution in [3.05, 3.63) is 64.7 Å². The molecule has 2 rings (SSSR count). The number of ether oxygens (including phenoxy) is 3. The quantitative estimate of drug-likeness (QED) is 0.187. The Hall–Kier alpha value is -4.56. The lowest BCUT2D eigenvalue weighted by atomic mass is 10.1. The van der Waals surface area contributed by atoms with Gasteiger partial charge < -0.3 is 19.5 Å². The van der Waals surface area contributed by atoms with Gasteiger partial charge in [-0.05, 0) is 54.0 Å². The van der Waals surface area contributed by atoms with Gasteiger partial charge in [-0.3, -0.25) is 4.79 Å². The first-order valence-corrected chi connectivity index (χ1v) is 10.5. The van der Waals surface area contributed by atoms with Crippen molar-refractivity contribution in [2.75, 3.05) is 20.8 Å². The van der Waals surface area contributed by atoms with Crippen molar-refractivity contribution in [2.45, 2.75) is 19.8 Å². The molecule has 0 atom stereocenters. The van der Waals surface area contributed by atoms with E-state index < -0.39 is 11.9 Å². The molecule has 1 amide bonds. The predicted octanol–water partition coefficient (Wildman–Crippen LogP) is 4.04. The van der Waals surface area contributed by atoms with Crippen LogP contribution in [0.1, 0.15) is 30.9 Å². The summed E-state index contributed by atoms with van der Waals surface area (Å²) in [6.45, 7) is 2.49. The second kappa shape index (κ2) is 13.1. The van der Waals surface area contributed by atoms with Gasteiger partial charge in [-0.25, -0.2) is 4.79 Å². The molecule has 0 heterocycles. The summed E-state index contributed by atoms with van der Waals surface area (Å²) in [5.41, 5.74) is 0.875. The summed E-state index contributed by atoms with van der Waals surface area (Å²) >= 11 is 0. The van der Waals surface area contributed by atoms with Crippen LogP contribution in [0.2, 0.25) is 0 Å². The van der Waals surface area contributed by atoms with E-state index in [9.17, 15) is 20.1 Å². The summed E-state index contributed by atoms with van der Waals surface area (Å²) < 4.78 is 15.7. The molecule has 8 nitrogen and oxygen atoms in total. The minimum absolute atomic E-state index is 0.0582. The Morgan fingerprint density at radius 3 is 2.15 bits per heavy atom. The van der Waals surface area contributed by atoms with E-state index in [1.165, 1.54) is 31.4 Å². The number of amides is 1. The molecule has 0 bridgehead atoms. The van der Waals surface area contributed by atoms with Crippen LogP contribution in [0.15, 0.2) is 53.6 Å². The van der Waals surface area contributed by atoms with Gasteiger partial charge in [0.1, 0.15) is 29.0 Å². The van der Waals surface area contributed by atoms with Crippen molar-refractivity contribution in [3.8, 4) is 29.4 Å². The van der Waals surface area contributed by atoms with E-state index in [0.29, 0.717) is 23.4 Å². The maximum absolute atomic E-state index is 12.6. The number of benzene rings is 2. The van der Waals surface area contributed by atoms with E-state index in [1.807, 2.05) is 19.1 Å². The fourth-order valence-corrected chi connectivity index (χ4v) is 2.81. The Morgan fingerprint density at radius 2 is 1.56 bits per heavy atom. The standard InChI is InChI=1S/C26H25N3O5/c1-4-5-12-29-25(30)20(16-27)14-19-8-11-23(24(15-19)33-3)34-26(31)21(17-28)13-18-6-9-22(32-2)10-7-18/h6-11,13-15H,4-5,12H2,1-3H3,(H,29,30)/b20-14+,21-13+. The highest BCUT2D eigenvalue weighted by atomic mass is 16.6. The third-order valence-corrected chi connectivity index (χ3v) is 4.65. The van der Waals surface area contributed by atoms with Crippen LogP contribution in [0.5, 0.6) is 17.2 Å². The zero-order valence-corrected chi connectivity index (χ0v) is 19.3. The minimum Gasteiger partial charge on any atom is -0.497 e. The summed E-state index contributed by atoms with van der Waals surface area (Å²) in [5, 5.41) is 21.4. The molecule has 0 spiro atoms. The summed E-state index contributed by atoms with van der Waals surface area (Å²) in [7, 11) is 2.93. The van der Waals surface area contributed by atoms with Crippen molar-refractivity contribution in [2.24, 2.45) is 0 Å². The number of esters is 1. The van der Waals surface area contributed by atoms with Crippen LogP contribution >= 0.6 is 0 Å². The van der Waals surface area contributed by atoms with Gasteiger partial charge in [0.2, 0.25) is 0 Å². The average Bonchev–Trinajstić information content (AvgIpc) is 2.86. The zero-order valence-electron chi connectivity index (χ0n) is 19.3. The summed E-state index contributed by atoms with van der Waals surface area (Å²) in [5.74, 6) is -0.380. The number of carbonyl (C=O) groups is 2. The van der Waals surface area contributed by atoms with Gasteiger partial charge in [0.05, 0.1) is 14.2 Å². The van der Waals surface area contributed by atoms with E-state index in [2.05, 4.69) is 5.32 Å². The average molecular weight is 460 g/mol. The molecule has 1 N–H and O–H groups in total. The van der Waals surface area contributed by atoms with Crippen molar-refractivity contribution < 1.29 is 23.8 Å². The molecule has 174 valence electrons. The van der Waals surface area contributed by atoms with Crippen molar-refractivity contribution >= 4 is 24.0 Å². The van der Waals surface area contributed by atoms with E-state index >= 15 is 0 Å². The largest absolute Gasteiger partial charge is 0.497 e. The van der Waals surface area contributed by atoms with Crippen LogP contribution in [0, 0.1) is 22.7 Å². The minimum atomic E-state index is -0.854. The van der Waals surface area contributed by atoms with Crippen LogP contribution in [-0.4, -0.2) is 32.6 Å². The van der Waals surface area contributed by atoms with Crippen LogP contribution < -0.4 is 19.5 Å². The molecule has 0 aliphatic heterocycles. The SMILES string of the molecule is CCCCNC(=O)/C(C#N)=C/c1ccc(OC(=O)/C(C#N)=C/c2ccc(OC)cc2)c(OC)c1. The molecule has 0 saturated heterocycles. The van der Waals surface area contributed by atoms with Crippen molar-refractivity contribution in [1.29, 1.82) is 10.5 Å². The highest BCUT2D eigenvalue weighted by Crippen LogP contribution is 2.30. The first kappa shape index (κ1) is 25.7. The molecule has 0 radical (unpaired) electrons. The van der Waals surface area contributed by atoms with Gasteiger partial charge in [-0.2, -0.15) is 10.5 Å². The molecule has 2 aromatic rings. The Balaban J connectivity index is 2.22. The third-order valence-electron chi connectivity index (χ3n) is 4.65. The number of methoxy groups -OCH3 is 2. The number of hydrogen-bond acceptors (Lipinski definition) is 7. The molecule has 0 saturated carbocycles. The lowest BCUT2D eigenvalue weighted by Crippen LogP contribution is -2.25. The zero-order chi connectivity index (χ0) is 24.9. The first-order chi connectivity index (χ1) is 16.4. The number of unbranched alkanes of at least 4 members (excludes halogenated alkanes) is 1. The normalized spacial score (nSPS) is 11.1. The summed E-state index contributed by atoms with van der Waals surface area (Å²) in [6, 6.07) is 15.1. The number of hydrogen-bond donors (Lipinski definition) is 1. The van der Waals surface area contributed by atoms with Crippen molar-refractivity contribution in [1.82, 2.24) is 5.32 Å². The maximum Gasteiger partial charge on any atom is 0.354 e. The summed E-state index contributed by atoms with van der Waals surface area (Å²) in [4.78, 5) is 24.7. The Bertz CT molecular complexity index is 1170. The van der Waals surface area contributed by atoms with Gasteiger partial charge in [0.25, 0.3) is 5.91 Å². The number of rotatable bonds is 10. The van der Waals surface area contributed by atoms with Gasteiger partial charge in [-0.15, -0.1) is 0 Å². The van der Waals surface area contributed by atoms with Crippen LogP contribution in [0.3, 0.4) is 0 Å². The Morgan fingerprint density at radius 1 is 0.912 bits per heavy atom. The molecular weight excluding hydrogens is 434 g/mol. The summed E-state index contributed by atoms with van der Waals surface area (Å²) in [6.07, 6.45) is 4.56. The maximum atomic E-state index is 12.6. The number of carbonyl (C=O) groups excluding carboxylic acids is 2. The molecule has 0 aliphatic carbocycles. The highest BCUT2D eigenvalue weighted by Gasteiger charge is 2.16. The highest BCUT2D eigenvalue weighted by molar-refractivity contribution is 6.02.